The zero-order valence-corrected chi connectivity index (χ0v) is 30.7. The molecule has 3 saturated carbocycles. The molecular weight excluding hydrogens is 552 g/mol. The number of carbonyl (C=O) groups is 1. The zero-order valence-electron chi connectivity index (χ0n) is 30.7. The van der Waals surface area contributed by atoms with Crippen LogP contribution in [0, 0.1) is 46.3 Å². The fourth-order valence-electron chi connectivity index (χ4n) is 11.1. The maximum Gasteiger partial charge on any atom is 0.335 e. The number of fused-ring (bicyclic) bond motifs is 5. The van der Waals surface area contributed by atoms with Crippen molar-refractivity contribution in [1.82, 2.24) is 0 Å². The van der Waals surface area contributed by atoms with Crippen LogP contribution in [0.5, 0.6) is 0 Å². The number of aliphatic hydroxyl groups is 1. The van der Waals surface area contributed by atoms with E-state index in [4.69, 9.17) is 4.74 Å². The number of esters is 1. The second-order valence-corrected chi connectivity index (χ2v) is 17.4. The van der Waals surface area contributed by atoms with Crippen LogP contribution in [0.1, 0.15) is 189 Å². The second-order valence-electron chi connectivity index (χ2n) is 17.4. The van der Waals surface area contributed by atoms with Gasteiger partial charge in [0.05, 0.1) is 0 Å². The minimum atomic E-state index is -0.958. The molecule has 1 N–H and O–H groups in total. The number of rotatable bonds is 19. The van der Waals surface area contributed by atoms with E-state index in [-0.39, 0.29) is 17.5 Å². The zero-order chi connectivity index (χ0) is 32.5. The fraction of sp³-hybridized carbons (Fsp3) is 0.929. The first-order chi connectivity index (χ1) is 21.6. The summed E-state index contributed by atoms with van der Waals surface area (Å²) < 4.78 is 5.98. The molecule has 0 bridgehead atoms. The standard InChI is InChI=1S/C42H74O3/c1-7-8-9-10-11-12-13-14-15-16-17-21-39(43)40(44)45-34-26-28-41(5)33(30-34)22-23-35-37-25-24-36(32(4)20-18-19-31(2)3)42(37,6)29-27-38(35)41/h22,31-32,34-39,43H,7-21,23-30H2,1-6H3/t32-,34+,35+,36-,37+,38+,39?,41+,42-/m1/s1. The summed E-state index contributed by atoms with van der Waals surface area (Å²) in [5.74, 6) is 4.70. The summed E-state index contributed by atoms with van der Waals surface area (Å²) in [5, 5.41) is 10.6. The summed E-state index contributed by atoms with van der Waals surface area (Å²) >= 11 is 0. The van der Waals surface area contributed by atoms with E-state index in [2.05, 4.69) is 47.6 Å². The van der Waals surface area contributed by atoms with Gasteiger partial charge in [-0.15, -0.1) is 0 Å². The SMILES string of the molecule is CCCCCCCCCCCCCC(O)C(=O)O[C@H]1CC[C@@]2(C)C(=CC[C@H]3[C@@H]4CC[C@H]([C@H](C)CCCC(C)C)[C@@]4(C)CC[C@@H]32)C1. The number of aliphatic hydroxyl groups excluding tert-OH is 1. The van der Waals surface area contributed by atoms with E-state index in [1.807, 2.05) is 0 Å². The number of allylic oxidation sites excluding steroid dienone is 1. The van der Waals surface area contributed by atoms with Gasteiger partial charge in [-0.2, -0.15) is 0 Å². The summed E-state index contributed by atoms with van der Waals surface area (Å²) in [4.78, 5) is 12.8. The summed E-state index contributed by atoms with van der Waals surface area (Å²) in [7, 11) is 0. The van der Waals surface area contributed by atoms with Crippen molar-refractivity contribution in [2.24, 2.45) is 46.3 Å². The van der Waals surface area contributed by atoms with Crippen molar-refractivity contribution in [2.45, 2.75) is 201 Å². The highest BCUT2D eigenvalue weighted by Crippen LogP contribution is 2.67. The molecule has 0 radical (unpaired) electrons. The van der Waals surface area contributed by atoms with Crippen LogP contribution in [-0.2, 0) is 9.53 Å². The normalized spacial score (nSPS) is 34.0. The summed E-state index contributed by atoms with van der Waals surface area (Å²) in [6, 6.07) is 0. The molecule has 9 atom stereocenters. The van der Waals surface area contributed by atoms with Crippen LogP contribution in [0.25, 0.3) is 0 Å². The Balaban J connectivity index is 1.19. The van der Waals surface area contributed by atoms with Crippen LogP contribution < -0.4 is 0 Å². The lowest BCUT2D eigenvalue weighted by atomic mass is 9.47. The molecule has 4 aliphatic rings. The minimum Gasteiger partial charge on any atom is -0.460 e. The highest BCUT2D eigenvalue weighted by atomic mass is 16.6. The molecule has 4 aliphatic carbocycles. The molecule has 3 fully saturated rings. The Morgan fingerprint density at radius 3 is 2.16 bits per heavy atom. The molecule has 3 heteroatoms. The minimum absolute atomic E-state index is 0.0586. The van der Waals surface area contributed by atoms with Crippen LogP contribution in [0.3, 0.4) is 0 Å². The molecule has 260 valence electrons. The fourth-order valence-corrected chi connectivity index (χ4v) is 11.1. The Kier molecular flexibility index (Phi) is 14.4. The number of unbranched alkanes of at least 4 members (excludes halogenated alkanes) is 10. The van der Waals surface area contributed by atoms with Gasteiger partial charge in [0, 0.05) is 6.42 Å². The number of ether oxygens (including phenoxy) is 1. The highest BCUT2D eigenvalue weighted by Gasteiger charge is 2.59. The van der Waals surface area contributed by atoms with Gasteiger partial charge >= 0.3 is 5.97 Å². The van der Waals surface area contributed by atoms with Gasteiger partial charge in [-0.05, 0) is 97.7 Å². The predicted octanol–water partition coefficient (Wildman–Crippen LogP) is 12.0. The Bertz CT molecular complexity index is 923. The third-order valence-corrected chi connectivity index (χ3v) is 13.9. The average Bonchev–Trinajstić information content (AvgIpc) is 3.37. The van der Waals surface area contributed by atoms with Gasteiger partial charge in [0.2, 0.25) is 0 Å². The van der Waals surface area contributed by atoms with Crippen molar-refractivity contribution < 1.29 is 14.6 Å². The second kappa shape index (κ2) is 17.5. The molecule has 3 nitrogen and oxygen atoms in total. The van der Waals surface area contributed by atoms with E-state index in [0.29, 0.717) is 11.8 Å². The van der Waals surface area contributed by atoms with E-state index < -0.39 is 6.10 Å². The van der Waals surface area contributed by atoms with Gasteiger partial charge in [-0.3, -0.25) is 0 Å². The van der Waals surface area contributed by atoms with Gasteiger partial charge in [-0.1, -0.05) is 143 Å². The van der Waals surface area contributed by atoms with E-state index in [1.54, 1.807) is 5.57 Å². The van der Waals surface area contributed by atoms with E-state index >= 15 is 0 Å². The maximum atomic E-state index is 12.8. The van der Waals surface area contributed by atoms with Crippen LogP contribution in [-0.4, -0.2) is 23.3 Å². The Morgan fingerprint density at radius 2 is 1.49 bits per heavy atom. The predicted molar refractivity (Wildman–Crippen MR) is 190 cm³/mol. The summed E-state index contributed by atoms with van der Waals surface area (Å²) in [6.07, 6.45) is 30.2. The Labute approximate surface area is 279 Å². The lowest BCUT2D eigenvalue weighted by Gasteiger charge is -2.58. The molecule has 0 aliphatic heterocycles. The Hall–Kier alpha value is -0.830. The smallest absolute Gasteiger partial charge is 0.335 e. The van der Waals surface area contributed by atoms with Gasteiger partial charge < -0.3 is 9.84 Å². The van der Waals surface area contributed by atoms with Crippen molar-refractivity contribution in [3.63, 3.8) is 0 Å². The molecule has 0 saturated heterocycles. The lowest BCUT2D eigenvalue weighted by Crippen LogP contribution is -2.51. The number of hydrogen-bond donors (Lipinski definition) is 1. The van der Waals surface area contributed by atoms with Crippen LogP contribution in [0.2, 0.25) is 0 Å². The largest absolute Gasteiger partial charge is 0.460 e. The first-order valence-corrected chi connectivity index (χ1v) is 20.2. The Morgan fingerprint density at radius 1 is 0.822 bits per heavy atom. The number of carbonyl (C=O) groups excluding carboxylic acids is 1. The highest BCUT2D eigenvalue weighted by molar-refractivity contribution is 5.74. The lowest BCUT2D eigenvalue weighted by molar-refractivity contribution is -0.161. The first-order valence-electron chi connectivity index (χ1n) is 20.2. The average molecular weight is 627 g/mol. The van der Waals surface area contributed by atoms with Crippen LogP contribution in [0.15, 0.2) is 11.6 Å². The van der Waals surface area contributed by atoms with Crippen molar-refractivity contribution in [3.8, 4) is 0 Å². The van der Waals surface area contributed by atoms with E-state index in [0.717, 1.165) is 67.6 Å². The van der Waals surface area contributed by atoms with Crippen molar-refractivity contribution in [1.29, 1.82) is 0 Å². The molecule has 0 amide bonds. The molecule has 1 unspecified atom stereocenters. The molecular formula is C42H74O3. The number of hydrogen-bond acceptors (Lipinski definition) is 3. The molecule has 0 aromatic rings. The van der Waals surface area contributed by atoms with Gasteiger partial charge in [0.1, 0.15) is 6.10 Å². The summed E-state index contributed by atoms with van der Waals surface area (Å²) in [6.45, 7) is 14.8. The topological polar surface area (TPSA) is 46.5 Å². The van der Waals surface area contributed by atoms with Crippen molar-refractivity contribution in [2.75, 3.05) is 0 Å². The molecule has 0 aromatic heterocycles. The van der Waals surface area contributed by atoms with Gasteiger partial charge in [0.25, 0.3) is 0 Å². The van der Waals surface area contributed by atoms with Crippen LogP contribution >= 0.6 is 0 Å². The van der Waals surface area contributed by atoms with Gasteiger partial charge in [-0.25, -0.2) is 4.79 Å². The first kappa shape index (κ1) is 37.0. The quantitative estimate of drug-likeness (QED) is 0.0881. The van der Waals surface area contributed by atoms with Crippen LogP contribution in [0.4, 0.5) is 0 Å². The third-order valence-electron chi connectivity index (χ3n) is 13.9. The third kappa shape index (κ3) is 9.41. The molecule has 4 rings (SSSR count). The van der Waals surface area contributed by atoms with Crippen molar-refractivity contribution in [3.05, 3.63) is 11.6 Å². The monoisotopic (exact) mass is 627 g/mol. The maximum absolute atomic E-state index is 12.8. The van der Waals surface area contributed by atoms with Crippen molar-refractivity contribution >= 4 is 5.97 Å². The van der Waals surface area contributed by atoms with Gasteiger partial charge in [0.15, 0.2) is 6.10 Å². The molecule has 45 heavy (non-hydrogen) atoms. The van der Waals surface area contributed by atoms with E-state index in [1.165, 1.54) is 109 Å². The molecule has 0 aromatic carbocycles. The molecule has 0 heterocycles. The summed E-state index contributed by atoms with van der Waals surface area (Å²) in [5.41, 5.74) is 2.35. The molecule has 0 spiro atoms. The van der Waals surface area contributed by atoms with E-state index in [9.17, 15) is 9.90 Å².